The fourth-order valence-corrected chi connectivity index (χ4v) is 1.63. The van der Waals surface area contributed by atoms with Gasteiger partial charge >= 0.3 is 11.9 Å². The maximum Gasteiger partial charge on any atom is 0.328 e. The Bertz CT molecular complexity index is 327. The summed E-state index contributed by atoms with van der Waals surface area (Å²) in [6.07, 6.45) is 0.358. The Morgan fingerprint density at radius 1 is 1.00 bits per heavy atom. The van der Waals surface area contributed by atoms with Crippen LogP contribution in [0.3, 0.4) is 0 Å². The Hall–Kier alpha value is -1.59. The van der Waals surface area contributed by atoms with Crippen LogP contribution in [-0.4, -0.2) is 38.1 Å². The molecular weight excluding hydrogens is 250 g/mol. The monoisotopic (exact) mass is 273 g/mol. The fraction of sp³-hybridized carbons (Fsp3) is 0.769. The molecule has 0 aromatic carbocycles. The first-order chi connectivity index (χ1) is 8.81. The molecule has 0 aliphatic carbocycles. The Morgan fingerprint density at radius 3 is 2.00 bits per heavy atom. The first-order valence-corrected chi connectivity index (χ1v) is 6.25. The Balaban J connectivity index is 4.67. The van der Waals surface area contributed by atoms with Gasteiger partial charge in [0.05, 0.1) is 20.6 Å². The lowest BCUT2D eigenvalue weighted by Crippen LogP contribution is -2.46. The normalized spacial score (nSPS) is 13.6. The van der Waals surface area contributed by atoms with Gasteiger partial charge < -0.3 is 14.8 Å². The molecule has 0 bridgehead atoms. The van der Waals surface area contributed by atoms with Gasteiger partial charge in [-0.1, -0.05) is 20.8 Å². The van der Waals surface area contributed by atoms with E-state index in [1.54, 1.807) is 6.92 Å². The van der Waals surface area contributed by atoms with Gasteiger partial charge in [0, 0.05) is 6.42 Å². The van der Waals surface area contributed by atoms with Crippen LogP contribution in [0.4, 0.5) is 0 Å². The summed E-state index contributed by atoms with van der Waals surface area (Å²) in [5.74, 6) is -1.43. The number of rotatable bonds is 7. The zero-order valence-electron chi connectivity index (χ0n) is 12.2. The highest BCUT2D eigenvalue weighted by atomic mass is 16.5. The van der Waals surface area contributed by atoms with Gasteiger partial charge in [-0.05, 0) is 11.8 Å². The van der Waals surface area contributed by atoms with E-state index in [-0.39, 0.29) is 18.2 Å². The van der Waals surface area contributed by atoms with Crippen molar-refractivity contribution >= 4 is 17.8 Å². The summed E-state index contributed by atoms with van der Waals surface area (Å²) >= 11 is 0. The SMILES string of the molecule is COC(=O)C[C@H](C)[C@H](NC(=O)CC(C)C)C(=O)OC. The molecule has 1 amide bonds. The molecule has 19 heavy (non-hydrogen) atoms. The second-order valence-electron chi connectivity index (χ2n) is 4.92. The second kappa shape index (κ2) is 8.50. The molecule has 0 unspecified atom stereocenters. The lowest BCUT2D eigenvalue weighted by atomic mass is 9.97. The number of carbonyl (C=O) groups is 3. The maximum atomic E-state index is 11.7. The van der Waals surface area contributed by atoms with Crippen LogP contribution in [0.2, 0.25) is 0 Å². The quantitative estimate of drug-likeness (QED) is 0.697. The third-order valence-electron chi connectivity index (χ3n) is 2.65. The topological polar surface area (TPSA) is 81.7 Å². The third-order valence-corrected chi connectivity index (χ3v) is 2.65. The fourth-order valence-electron chi connectivity index (χ4n) is 1.63. The molecule has 6 nitrogen and oxygen atoms in total. The number of methoxy groups -OCH3 is 2. The summed E-state index contributed by atoms with van der Waals surface area (Å²) < 4.78 is 9.20. The highest BCUT2D eigenvalue weighted by molar-refractivity contribution is 5.85. The lowest BCUT2D eigenvalue weighted by molar-refractivity contribution is -0.148. The summed E-state index contributed by atoms with van der Waals surface area (Å²) in [5.41, 5.74) is 0. The van der Waals surface area contributed by atoms with Gasteiger partial charge in [0.2, 0.25) is 5.91 Å². The molecule has 0 aromatic heterocycles. The molecule has 110 valence electrons. The van der Waals surface area contributed by atoms with E-state index in [9.17, 15) is 14.4 Å². The van der Waals surface area contributed by atoms with E-state index in [0.29, 0.717) is 6.42 Å². The van der Waals surface area contributed by atoms with Crippen LogP contribution >= 0.6 is 0 Å². The van der Waals surface area contributed by atoms with Crippen molar-refractivity contribution < 1.29 is 23.9 Å². The number of hydrogen-bond acceptors (Lipinski definition) is 5. The van der Waals surface area contributed by atoms with Gasteiger partial charge in [-0.15, -0.1) is 0 Å². The first-order valence-electron chi connectivity index (χ1n) is 6.25. The number of ether oxygens (including phenoxy) is 2. The van der Waals surface area contributed by atoms with Crippen LogP contribution in [0.5, 0.6) is 0 Å². The molecule has 1 N–H and O–H groups in total. The average Bonchev–Trinajstić information content (AvgIpc) is 2.33. The summed E-state index contributed by atoms with van der Waals surface area (Å²) in [6, 6.07) is -0.838. The van der Waals surface area contributed by atoms with Crippen molar-refractivity contribution in [1.29, 1.82) is 0 Å². The molecule has 0 aliphatic rings. The van der Waals surface area contributed by atoms with E-state index < -0.39 is 23.9 Å². The largest absolute Gasteiger partial charge is 0.469 e. The van der Waals surface area contributed by atoms with Gasteiger partial charge in [0.25, 0.3) is 0 Å². The number of esters is 2. The molecule has 2 atom stereocenters. The van der Waals surface area contributed by atoms with E-state index >= 15 is 0 Å². The van der Waals surface area contributed by atoms with E-state index in [2.05, 4.69) is 14.8 Å². The molecule has 0 saturated heterocycles. The molecule has 0 spiro atoms. The van der Waals surface area contributed by atoms with Crippen molar-refractivity contribution in [2.24, 2.45) is 11.8 Å². The van der Waals surface area contributed by atoms with Crippen molar-refractivity contribution in [1.82, 2.24) is 5.32 Å². The Labute approximate surface area is 113 Å². The number of nitrogens with one attached hydrogen (secondary N) is 1. The molecule has 0 radical (unpaired) electrons. The summed E-state index contributed by atoms with van der Waals surface area (Å²) in [7, 11) is 2.52. The van der Waals surface area contributed by atoms with Crippen LogP contribution in [0.1, 0.15) is 33.6 Å². The van der Waals surface area contributed by atoms with Crippen LogP contribution in [-0.2, 0) is 23.9 Å². The van der Waals surface area contributed by atoms with Crippen molar-refractivity contribution in [2.45, 2.75) is 39.7 Å². The molecule has 0 fully saturated rings. The van der Waals surface area contributed by atoms with Gasteiger partial charge in [-0.25, -0.2) is 4.79 Å². The van der Waals surface area contributed by atoms with Crippen LogP contribution < -0.4 is 5.32 Å². The average molecular weight is 273 g/mol. The van der Waals surface area contributed by atoms with Crippen LogP contribution in [0.15, 0.2) is 0 Å². The predicted molar refractivity (Wildman–Crippen MR) is 69.2 cm³/mol. The van der Waals surface area contributed by atoms with Gasteiger partial charge in [0.15, 0.2) is 0 Å². The molecule has 0 heterocycles. The maximum absolute atomic E-state index is 11.7. The van der Waals surface area contributed by atoms with Crippen molar-refractivity contribution in [3.63, 3.8) is 0 Å². The minimum atomic E-state index is -0.838. The highest BCUT2D eigenvalue weighted by Gasteiger charge is 2.29. The molecule has 0 aromatic rings. The van der Waals surface area contributed by atoms with E-state index in [1.165, 1.54) is 14.2 Å². The summed E-state index contributed by atoms with van der Waals surface area (Å²) in [6.45, 7) is 5.50. The minimum absolute atomic E-state index is 0.0399. The number of amides is 1. The third kappa shape index (κ3) is 6.79. The summed E-state index contributed by atoms with van der Waals surface area (Å²) in [4.78, 5) is 34.6. The van der Waals surface area contributed by atoms with Crippen molar-refractivity contribution in [2.75, 3.05) is 14.2 Å². The molecule has 0 aliphatic heterocycles. The molecule has 0 rings (SSSR count). The minimum Gasteiger partial charge on any atom is -0.469 e. The van der Waals surface area contributed by atoms with Crippen molar-refractivity contribution in [3.8, 4) is 0 Å². The van der Waals surface area contributed by atoms with Crippen LogP contribution in [0.25, 0.3) is 0 Å². The lowest BCUT2D eigenvalue weighted by Gasteiger charge is -2.22. The number of carbonyl (C=O) groups excluding carboxylic acids is 3. The van der Waals surface area contributed by atoms with Crippen LogP contribution in [0, 0.1) is 11.8 Å². The predicted octanol–water partition coefficient (Wildman–Crippen LogP) is 0.889. The molecule has 6 heteroatoms. The zero-order chi connectivity index (χ0) is 15.0. The van der Waals surface area contributed by atoms with E-state index in [0.717, 1.165) is 0 Å². The zero-order valence-corrected chi connectivity index (χ0v) is 12.2. The Kier molecular flexibility index (Phi) is 7.79. The summed E-state index contributed by atoms with van der Waals surface area (Å²) in [5, 5.41) is 2.61. The molecular formula is C13H23NO5. The number of hydrogen-bond donors (Lipinski definition) is 1. The van der Waals surface area contributed by atoms with Crippen molar-refractivity contribution in [3.05, 3.63) is 0 Å². The Morgan fingerprint density at radius 2 is 1.58 bits per heavy atom. The van der Waals surface area contributed by atoms with Gasteiger partial charge in [0.1, 0.15) is 6.04 Å². The standard InChI is InChI=1S/C13H23NO5/c1-8(2)6-10(15)14-12(13(17)19-5)9(3)7-11(16)18-4/h8-9,12H,6-7H2,1-5H3,(H,14,15)/t9-,12-/m0/s1. The van der Waals surface area contributed by atoms with E-state index in [1.807, 2.05) is 13.8 Å². The molecule has 0 saturated carbocycles. The smallest absolute Gasteiger partial charge is 0.328 e. The first kappa shape index (κ1) is 17.4. The van der Waals surface area contributed by atoms with Gasteiger partial charge in [-0.3, -0.25) is 9.59 Å². The van der Waals surface area contributed by atoms with E-state index in [4.69, 9.17) is 0 Å². The van der Waals surface area contributed by atoms with Gasteiger partial charge in [-0.2, -0.15) is 0 Å². The second-order valence-corrected chi connectivity index (χ2v) is 4.92. The highest BCUT2D eigenvalue weighted by Crippen LogP contribution is 2.12.